The second-order valence-corrected chi connectivity index (χ2v) is 6.19. The highest BCUT2D eigenvalue weighted by Crippen LogP contribution is 2.28. The highest BCUT2D eigenvalue weighted by Gasteiger charge is 2.21. The zero-order valence-electron chi connectivity index (χ0n) is 11.7. The summed E-state index contributed by atoms with van der Waals surface area (Å²) in [5.74, 6) is 0. The molecule has 8 heteroatoms. The van der Waals surface area contributed by atoms with Crippen molar-refractivity contribution in [3.63, 3.8) is 0 Å². The van der Waals surface area contributed by atoms with Crippen LogP contribution < -0.4 is 10.0 Å². The summed E-state index contributed by atoms with van der Waals surface area (Å²) in [6.07, 6.45) is 1.65. The van der Waals surface area contributed by atoms with E-state index in [0.29, 0.717) is 5.69 Å². The zero-order valence-corrected chi connectivity index (χ0v) is 12.5. The van der Waals surface area contributed by atoms with Gasteiger partial charge >= 0.3 is 0 Å². The first-order valence-corrected chi connectivity index (χ1v) is 7.82. The lowest BCUT2D eigenvalue weighted by Gasteiger charge is -2.16. The molecule has 0 aliphatic carbocycles. The number of sulfonamides is 1. The molecule has 2 N–H and O–H groups in total. The first kappa shape index (κ1) is 16.4. The number of rotatable bonds is 7. The molecule has 20 heavy (non-hydrogen) atoms. The minimum atomic E-state index is -3.69. The fourth-order valence-electron chi connectivity index (χ4n) is 1.78. The number of nitro groups is 1. The number of nitrogens with one attached hydrogen (secondary N) is 2. The summed E-state index contributed by atoms with van der Waals surface area (Å²) in [6.45, 7) is 3.96. The van der Waals surface area contributed by atoms with Gasteiger partial charge in [0.25, 0.3) is 5.69 Å². The molecule has 0 aromatic heterocycles. The molecule has 7 nitrogen and oxygen atoms in total. The SMILES string of the molecule is CCC(CC)Nc1ccc(S(=O)(=O)NC)cc1[N+](=O)[O-]. The Balaban J connectivity index is 3.25. The maximum atomic E-state index is 11.7. The van der Waals surface area contributed by atoms with Gasteiger partial charge in [-0.05, 0) is 32.0 Å². The van der Waals surface area contributed by atoms with Crippen molar-refractivity contribution in [3.8, 4) is 0 Å². The van der Waals surface area contributed by atoms with E-state index in [1.807, 2.05) is 13.8 Å². The molecule has 0 aliphatic heterocycles. The molecule has 0 heterocycles. The Labute approximate surface area is 118 Å². The molecule has 0 fully saturated rings. The van der Waals surface area contributed by atoms with Crippen LogP contribution in [-0.4, -0.2) is 26.4 Å². The minimum Gasteiger partial charge on any atom is -0.377 e. The van der Waals surface area contributed by atoms with E-state index in [1.54, 1.807) is 0 Å². The maximum absolute atomic E-state index is 11.7. The van der Waals surface area contributed by atoms with Crippen molar-refractivity contribution in [3.05, 3.63) is 28.3 Å². The van der Waals surface area contributed by atoms with E-state index in [1.165, 1.54) is 19.2 Å². The topological polar surface area (TPSA) is 101 Å². The van der Waals surface area contributed by atoms with Crippen LogP contribution in [0.15, 0.2) is 23.1 Å². The van der Waals surface area contributed by atoms with E-state index in [9.17, 15) is 18.5 Å². The van der Waals surface area contributed by atoms with Gasteiger partial charge in [0, 0.05) is 12.1 Å². The molecular formula is C12H19N3O4S. The van der Waals surface area contributed by atoms with Crippen LogP contribution in [0.25, 0.3) is 0 Å². The van der Waals surface area contributed by atoms with Gasteiger partial charge < -0.3 is 5.32 Å². The lowest BCUT2D eigenvalue weighted by Crippen LogP contribution is -2.20. The Morgan fingerprint density at radius 3 is 2.35 bits per heavy atom. The smallest absolute Gasteiger partial charge is 0.293 e. The third kappa shape index (κ3) is 3.67. The summed E-state index contributed by atoms with van der Waals surface area (Å²) < 4.78 is 25.5. The molecule has 0 atom stereocenters. The molecule has 0 saturated heterocycles. The largest absolute Gasteiger partial charge is 0.377 e. The van der Waals surface area contributed by atoms with E-state index in [2.05, 4.69) is 10.0 Å². The molecule has 1 aromatic carbocycles. The van der Waals surface area contributed by atoms with Crippen molar-refractivity contribution in [1.82, 2.24) is 4.72 Å². The van der Waals surface area contributed by atoms with Gasteiger partial charge in [-0.15, -0.1) is 0 Å². The first-order chi connectivity index (χ1) is 9.35. The summed E-state index contributed by atoms with van der Waals surface area (Å²) in [4.78, 5) is 10.4. The number of nitro benzene ring substituents is 1. The van der Waals surface area contributed by atoms with Crippen molar-refractivity contribution in [2.24, 2.45) is 0 Å². The normalized spacial score (nSPS) is 11.6. The highest BCUT2D eigenvalue weighted by atomic mass is 32.2. The van der Waals surface area contributed by atoms with Gasteiger partial charge in [0.2, 0.25) is 10.0 Å². The number of hydrogen-bond acceptors (Lipinski definition) is 5. The van der Waals surface area contributed by atoms with Crippen LogP contribution in [0.2, 0.25) is 0 Å². The van der Waals surface area contributed by atoms with E-state index in [4.69, 9.17) is 0 Å². The number of benzene rings is 1. The summed E-state index contributed by atoms with van der Waals surface area (Å²) in [6, 6.07) is 3.96. The number of anilines is 1. The molecule has 0 saturated carbocycles. The number of hydrogen-bond donors (Lipinski definition) is 2. The standard InChI is InChI=1S/C12H19N3O4S/c1-4-9(5-2)14-11-7-6-10(20(18,19)13-3)8-12(11)15(16)17/h6-9,13-14H,4-5H2,1-3H3. The van der Waals surface area contributed by atoms with Crippen molar-refractivity contribution < 1.29 is 13.3 Å². The monoisotopic (exact) mass is 301 g/mol. The fourth-order valence-corrected chi connectivity index (χ4v) is 2.53. The molecular weight excluding hydrogens is 282 g/mol. The van der Waals surface area contributed by atoms with Crippen LogP contribution in [-0.2, 0) is 10.0 Å². The van der Waals surface area contributed by atoms with Crippen LogP contribution in [0, 0.1) is 10.1 Å². The van der Waals surface area contributed by atoms with Crippen LogP contribution in [0.5, 0.6) is 0 Å². The Kier molecular flexibility index (Phi) is 5.46. The second-order valence-electron chi connectivity index (χ2n) is 4.30. The maximum Gasteiger partial charge on any atom is 0.293 e. The molecule has 0 spiro atoms. The zero-order chi connectivity index (χ0) is 15.3. The fraction of sp³-hybridized carbons (Fsp3) is 0.500. The lowest BCUT2D eigenvalue weighted by atomic mass is 10.1. The van der Waals surface area contributed by atoms with Gasteiger partial charge in [0.15, 0.2) is 0 Å². The average molecular weight is 301 g/mol. The van der Waals surface area contributed by atoms with Gasteiger partial charge in [0.05, 0.1) is 9.82 Å². The quantitative estimate of drug-likeness (QED) is 0.593. The molecule has 112 valence electrons. The molecule has 0 aliphatic rings. The van der Waals surface area contributed by atoms with Crippen molar-refractivity contribution in [2.45, 2.75) is 37.6 Å². The van der Waals surface area contributed by atoms with E-state index in [0.717, 1.165) is 18.9 Å². The van der Waals surface area contributed by atoms with Gasteiger partial charge in [0.1, 0.15) is 5.69 Å². The second kappa shape index (κ2) is 6.67. The van der Waals surface area contributed by atoms with Crippen LogP contribution in [0.1, 0.15) is 26.7 Å². The van der Waals surface area contributed by atoms with Crippen LogP contribution in [0.4, 0.5) is 11.4 Å². The molecule has 0 amide bonds. The van der Waals surface area contributed by atoms with E-state index < -0.39 is 14.9 Å². The predicted molar refractivity (Wildman–Crippen MR) is 77.3 cm³/mol. The molecule has 1 rings (SSSR count). The minimum absolute atomic E-state index is 0.112. The molecule has 0 radical (unpaired) electrons. The third-order valence-electron chi connectivity index (χ3n) is 3.09. The Morgan fingerprint density at radius 2 is 1.90 bits per heavy atom. The van der Waals surface area contributed by atoms with Crippen molar-refractivity contribution >= 4 is 21.4 Å². The lowest BCUT2D eigenvalue weighted by molar-refractivity contribution is -0.384. The Bertz CT molecular complexity index is 582. The first-order valence-electron chi connectivity index (χ1n) is 6.34. The predicted octanol–water partition coefficient (Wildman–Crippen LogP) is 2.10. The van der Waals surface area contributed by atoms with E-state index >= 15 is 0 Å². The van der Waals surface area contributed by atoms with E-state index in [-0.39, 0.29) is 16.6 Å². The molecule has 0 unspecified atom stereocenters. The summed E-state index contributed by atoms with van der Waals surface area (Å²) >= 11 is 0. The van der Waals surface area contributed by atoms with Gasteiger partial charge in [-0.2, -0.15) is 0 Å². The molecule has 0 bridgehead atoms. The average Bonchev–Trinajstić information content (AvgIpc) is 2.44. The van der Waals surface area contributed by atoms with Crippen LogP contribution >= 0.6 is 0 Å². The van der Waals surface area contributed by atoms with Crippen LogP contribution in [0.3, 0.4) is 0 Å². The van der Waals surface area contributed by atoms with Gasteiger partial charge in [-0.3, -0.25) is 10.1 Å². The summed E-state index contributed by atoms with van der Waals surface area (Å²) in [7, 11) is -2.43. The third-order valence-corrected chi connectivity index (χ3v) is 4.50. The summed E-state index contributed by atoms with van der Waals surface area (Å²) in [5.41, 5.74) is 0.0898. The number of nitrogens with zero attached hydrogens (tertiary/aromatic N) is 1. The highest BCUT2D eigenvalue weighted by molar-refractivity contribution is 7.89. The van der Waals surface area contributed by atoms with Gasteiger partial charge in [-0.1, -0.05) is 13.8 Å². The van der Waals surface area contributed by atoms with Crippen molar-refractivity contribution in [2.75, 3.05) is 12.4 Å². The van der Waals surface area contributed by atoms with Gasteiger partial charge in [-0.25, -0.2) is 13.1 Å². The molecule has 1 aromatic rings. The Morgan fingerprint density at radius 1 is 1.30 bits per heavy atom. The Hall–Kier alpha value is -1.67. The summed E-state index contributed by atoms with van der Waals surface area (Å²) in [5, 5.41) is 14.2. The van der Waals surface area contributed by atoms with Crippen molar-refractivity contribution in [1.29, 1.82) is 0 Å².